The third-order valence-corrected chi connectivity index (χ3v) is 4.18. The van der Waals surface area contributed by atoms with E-state index in [9.17, 15) is 24.6 Å². The number of carbonyl (C=O) groups is 3. The van der Waals surface area contributed by atoms with Gasteiger partial charge in [-0.1, -0.05) is 18.6 Å². The molecule has 0 atom stereocenters. The smallest absolute Gasteiger partial charge is 0.337 e. The highest BCUT2D eigenvalue weighted by Gasteiger charge is 2.45. The zero-order chi connectivity index (χ0) is 18.9. The highest BCUT2D eigenvalue weighted by Crippen LogP contribution is 2.32. The van der Waals surface area contributed by atoms with E-state index in [-0.39, 0.29) is 25.7 Å². The third-order valence-electron chi connectivity index (χ3n) is 4.18. The predicted molar refractivity (Wildman–Crippen MR) is 87.9 cm³/mol. The molecule has 0 aromatic heterocycles. The lowest BCUT2D eigenvalue weighted by Gasteiger charge is -2.24. The van der Waals surface area contributed by atoms with E-state index in [4.69, 9.17) is 5.26 Å². The minimum atomic E-state index is -1.88. The third kappa shape index (κ3) is 5.31. The maximum Gasteiger partial charge on any atom is 0.337 e. The van der Waals surface area contributed by atoms with Gasteiger partial charge in [-0.25, -0.2) is 4.79 Å². The predicted octanol–water partition coefficient (Wildman–Crippen LogP) is 2.65. The summed E-state index contributed by atoms with van der Waals surface area (Å²) in [5, 5.41) is 27.5. The molecule has 7 heteroatoms. The Balaban J connectivity index is 2.84. The molecule has 1 rings (SSSR count). The molecule has 0 unspecified atom stereocenters. The molecule has 0 aliphatic heterocycles. The normalized spacial score (nSPS) is 10.7. The average Bonchev–Trinajstić information content (AvgIpc) is 2.60. The number of carboxylic acids is 2. The van der Waals surface area contributed by atoms with Crippen LogP contribution < -0.4 is 0 Å². The summed E-state index contributed by atoms with van der Waals surface area (Å²) in [6, 6.07) is 8.36. The SMILES string of the molecule is COC(=O)c1ccc(CCC(CCCCC#N)(C(=O)O)C(=O)O)cc1. The van der Waals surface area contributed by atoms with E-state index in [1.165, 1.54) is 7.11 Å². The van der Waals surface area contributed by atoms with Crippen LogP contribution in [0, 0.1) is 16.7 Å². The van der Waals surface area contributed by atoms with Gasteiger partial charge in [0.2, 0.25) is 0 Å². The number of benzene rings is 1. The molecule has 2 N–H and O–H groups in total. The first-order chi connectivity index (χ1) is 11.9. The molecule has 7 nitrogen and oxygen atoms in total. The second-order valence-electron chi connectivity index (χ2n) is 5.75. The number of rotatable bonds is 10. The van der Waals surface area contributed by atoms with Gasteiger partial charge in [-0.2, -0.15) is 5.26 Å². The number of carbonyl (C=O) groups excluding carboxylic acids is 1. The van der Waals surface area contributed by atoms with Crippen LogP contribution >= 0.6 is 0 Å². The van der Waals surface area contributed by atoms with Gasteiger partial charge in [0.05, 0.1) is 18.7 Å². The molecule has 0 heterocycles. The topological polar surface area (TPSA) is 125 Å². The molecular weight excluding hydrogens is 326 g/mol. The number of esters is 1. The lowest BCUT2D eigenvalue weighted by atomic mass is 9.77. The van der Waals surface area contributed by atoms with Gasteiger partial charge in [-0.3, -0.25) is 9.59 Å². The molecule has 0 aliphatic rings. The highest BCUT2D eigenvalue weighted by atomic mass is 16.5. The number of nitriles is 1. The van der Waals surface area contributed by atoms with Crippen molar-refractivity contribution < 1.29 is 29.3 Å². The van der Waals surface area contributed by atoms with Crippen molar-refractivity contribution in [3.05, 3.63) is 35.4 Å². The van der Waals surface area contributed by atoms with Crippen molar-refractivity contribution in [2.75, 3.05) is 7.11 Å². The quantitative estimate of drug-likeness (QED) is 0.378. The van der Waals surface area contributed by atoms with E-state index in [1.807, 2.05) is 6.07 Å². The summed E-state index contributed by atoms with van der Waals surface area (Å²) >= 11 is 0. The largest absolute Gasteiger partial charge is 0.480 e. The molecule has 25 heavy (non-hydrogen) atoms. The molecule has 0 spiro atoms. The molecule has 0 aliphatic carbocycles. The van der Waals surface area contributed by atoms with Gasteiger partial charge in [0, 0.05) is 6.42 Å². The lowest BCUT2D eigenvalue weighted by Crippen LogP contribution is -2.40. The summed E-state index contributed by atoms with van der Waals surface area (Å²) in [6.07, 6.45) is 1.24. The van der Waals surface area contributed by atoms with Gasteiger partial charge in [0.1, 0.15) is 0 Å². The second-order valence-corrected chi connectivity index (χ2v) is 5.75. The minimum Gasteiger partial charge on any atom is -0.480 e. The van der Waals surface area contributed by atoms with Crippen molar-refractivity contribution in [1.82, 2.24) is 0 Å². The molecule has 0 amide bonds. The number of aliphatic carboxylic acids is 2. The number of hydrogen-bond donors (Lipinski definition) is 2. The Labute approximate surface area is 145 Å². The fourth-order valence-corrected chi connectivity index (χ4v) is 2.56. The Bertz CT molecular complexity index is 645. The van der Waals surface area contributed by atoms with E-state index in [0.717, 1.165) is 5.56 Å². The zero-order valence-corrected chi connectivity index (χ0v) is 14.0. The first kappa shape index (κ1) is 20.2. The summed E-state index contributed by atoms with van der Waals surface area (Å²) in [5.41, 5.74) is -0.779. The van der Waals surface area contributed by atoms with E-state index >= 15 is 0 Å². The van der Waals surface area contributed by atoms with Crippen LogP contribution in [-0.4, -0.2) is 35.2 Å². The Hall–Kier alpha value is -2.88. The number of methoxy groups -OCH3 is 1. The Morgan fingerprint density at radius 3 is 2.16 bits per heavy atom. The van der Waals surface area contributed by atoms with E-state index in [2.05, 4.69) is 4.74 Å². The van der Waals surface area contributed by atoms with E-state index < -0.39 is 23.3 Å². The summed E-state index contributed by atoms with van der Waals surface area (Å²) in [6.45, 7) is 0. The van der Waals surface area contributed by atoms with Crippen LogP contribution in [0.2, 0.25) is 0 Å². The molecule has 1 aromatic carbocycles. The van der Waals surface area contributed by atoms with Crippen molar-refractivity contribution in [2.24, 2.45) is 5.41 Å². The molecule has 0 saturated heterocycles. The molecule has 0 fully saturated rings. The van der Waals surface area contributed by atoms with Crippen molar-refractivity contribution in [2.45, 2.75) is 38.5 Å². The molecule has 0 bridgehead atoms. The van der Waals surface area contributed by atoms with Crippen molar-refractivity contribution in [3.8, 4) is 6.07 Å². The number of hydrogen-bond acceptors (Lipinski definition) is 5. The van der Waals surface area contributed by atoms with E-state index in [1.54, 1.807) is 24.3 Å². The number of nitrogens with zero attached hydrogens (tertiary/aromatic N) is 1. The number of carboxylic acid groups (broad SMARTS) is 2. The monoisotopic (exact) mass is 347 g/mol. The van der Waals surface area contributed by atoms with Crippen molar-refractivity contribution in [1.29, 1.82) is 5.26 Å². The maximum absolute atomic E-state index is 11.6. The molecule has 1 aromatic rings. The van der Waals surface area contributed by atoms with Crippen molar-refractivity contribution >= 4 is 17.9 Å². The molecule has 0 saturated carbocycles. The van der Waals surface area contributed by atoms with Crippen LogP contribution in [0.3, 0.4) is 0 Å². The molecule has 0 radical (unpaired) electrons. The van der Waals surface area contributed by atoms with Crippen LogP contribution in [0.25, 0.3) is 0 Å². The highest BCUT2D eigenvalue weighted by molar-refractivity contribution is 5.98. The van der Waals surface area contributed by atoms with E-state index in [0.29, 0.717) is 18.4 Å². The van der Waals surface area contributed by atoms with Crippen LogP contribution in [0.5, 0.6) is 0 Å². The van der Waals surface area contributed by atoms with Gasteiger partial charge in [-0.15, -0.1) is 0 Å². The van der Waals surface area contributed by atoms with Gasteiger partial charge < -0.3 is 14.9 Å². The Morgan fingerprint density at radius 2 is 1.68 bits per heavy atom. The van der Waals surface area contributed by atoms with Gasteiger partial charge in [0.25, 0.3) is 0 Å². The standard InChI is InChI=1S/C18H21NO6/c1-25-15(20)14-7-5-13(6-8-14)9-11-18(16(21)22,17(23)24)10-3-2-4-12-19/h5-8H,2-4,9-11H2,1H3,(H,21,22)(H,23,24). The summed E-state index contributed by atoms with van der Waals surface area (Å²) in [4.78, 5) is 34.6. The zero-order valence-electron chi connectivity index (χ0n) is 14.0. The number of aryl methyl sites for hydroxylation is 1. The van der Waals surface area contributed by atoms with Crippen LogP contribution in [0.4, 0.5) is 0 Å². The number of ether oxygens (including phenoxy) is 1. The fraction of sp³-hybridized carbons (Fsp3) is 0.444. The lowest BCUT2D eigenvalue weighted by molar-refractivity contribution is -0.166. The minimum absolute atomic E-state index is 0.0282. The van der Waals surface area contributed by atoms with Crippen LogP contribution in [0.1, 0.15) is 48.0 Å². The van der Waals surface area contributed by atoms with Gasteiger partial charge in [0.15, 0.2) is 5.41 Å². The first-order valence-corrected chi connectivity index (χ1v) is 7.88. The van der Waals surface area contributed by atoms with Gasteiger partial charge in [-0.05, 0) is 43.4 Å². The summed E-state index contributed by atoms with van der Waals surface area (Å²) in [5.74, 6) is -3.22. The Morgan fingerprint density at radius 1 is 1.08 bits per heavy atom. The fourth-order valence-electron chi connectivity index (χ4n) is 2.56. The average molecular weight is 347 g/mol. The van der Waals surface area contributed by atoms with Crippen molar-refractivity contribution in [3.63, 3.8) is 0 Å². The Kier molecular flexibility index (Phi) is 7.60. The first-order valence-electron chi connectivity index (χ1n) is 7.88. The molecule has 134 valence electrons. The second kappa shape index (κ2) is 9.42. The maximum atomic E-state index is 11.6. The number of unbranched alkanes of at least 4 members (excludes halogenated alkanes) is 2. The summed E-state index contributed by atoms with van der Waals surface area (Å²) < 4.78 is 4.60. The molecular formula is C18H21NO6. The summed E-state index contributed by atoms with van der Waals surface area (Å²) in [7, 11) is 1.27. The van der Waals surface area contributed by atoms with Crippen LogP contribution in [0.15, 0.2) is 24.3 Å². The van der Waals surface area contributed by atoms with Gasteiger partial charge >= 0.3 is 17.9 Å². The van der Waals surface area contributed by atoms with Crippen LogP contribution in [-0.2, 0) is 20.7 Å².